The van der Waals surface area contributed by atoms with E-state index in [2.05, 4.69) is 22.6 Å². The predicted molar refractivity (Wildman–Crippen MR) is 67.9 cm³/mol. The molecule has 1 aliphatic rings. The number of amidine groups is 1. The molecule has 1 aromatic rings. The third-order valence-electron chi connectivity index (χ3n) is 3.05. The van der Waals surface area contributed by atoms with Gasteiger partial charge in [0.15, 0.2) is 5.84 Å². The van der Waals surface area contributed by atoms with E-state index in [1.807, 2.05) is 0 Å². The Morgan fingerprint density at radius 2 is 2.17 bits per heavy atom. The average Bonchev–Trinajstić information content (AvgIpc) is 2.89. The van der Waals surface area contributed by atoms with Crippen molar-refractivity contribution in [3.8, 4) is 0 Å². The molecule has 0 saturated heterocycles. The lowest BCUT2D eigenvalue weighted by molar-refractivity contribution is 0.318. The zero-order chi connectivity index (χ0) is 13.0. The van der Waals surface area contributed by atoms with Crippen molar-refractivity contribution >= 4 is 5.84 Å². The number of oxime groups is 1. The van der Waals surface area contributed by atoms with Crippen molar-refractivity contribution in [1.29, 1.82) is 0 Å². The second-order valence-electron chi connectivity index (χ2n) is 4.31. The molecule has 2 rings (SSSR count). The van der Waals surface area contributed by atoms with Crippen molar-refractivity contribution in [3.05, 3.63) is 47.3 Å². The minimum absolute atomic E-state index is 0.0894. The Balaban J connectivity index is 2.01. The number of benzene rings is 1. The Hall–Kier alpha value is -1.88. The van der Waals surface area contributed by atoms with Crippen LogP contribution in [0.15, 0.2) is 35.5 Å². The van der Waals surface area contributed by atoms with Crippen molar-refractivity contribution in [2.75, 3.05) is 0 Å². The SMILES string of the molecule is N/C(=N/O)c1ccc(CNC2CC=CC2)c(F)c1. The first-order valence-electron chi connectivity index (χ1n) is 5.85. The van der Waals surface area contributed by atoms with Crippen LogP contribution in [0.3, 0.4) is 0 Å². The van der Waals surface area contributed by atoms with Gasteiger partial charge in [0.25, 0.3) is 0 Å². The van der Waals surface area contributed by atoms with Gasteiger partial charge in [0.05, 0.1) is 0 Å². The number of hydrogen-bond donors (Lipinski definition) is 3. The van der Waals surface area contributed by atoms with E-state index in [0.29, 0.717) is 23.7 Å². The standard InChI is InChI=1S/C13H16FN3O/c14-12-7-9(13(15)17-18)5-6-10(12)8-16-11-3-1-2-4-11/h1-2,5-7,11,16,18H,3-4,8H2,(H2,15,17). The molecule has 1 aromatic carbocycles. The van der Waals surface area contributed by atoms with Gasteiger partial charge in [-0.25, -0.2) is 4.39 Å². The molecule has 5 heteroatoms. The van der Waals surface area contributed by atoms with Gasteiger partial charge < -0.3 is 16.3 Å². The van der Waals surface area contributed by atoms with Gasteiger partial charge in [-0.15, -0.1) is 0 Å². The molecule has 0 radical (unpaired) electrons. The predicted octanol–water partition coefficient (Wildman–Crippen LogP) is 1.73. The van der Waals surface area contributed by atoms with Gasteiger partial charge in [0.1, 0.15) is 5.82 Å². The number of hydrogen-bond acceptors (Lipinski definition) is 3. The first kappa shape index (κ1) is 12.6. The minimum atomic E-state index is -0.349. The van der Waals surface area contributed by atoms with E-state index in [4.69, 9.17) is 10.9 Å². The molecule has 4 nitrogen and oxygen atoms in total. The van der Waals surface area contributed by atoms with E-state index in [-0.39, 0.29) is 11.7 Å². The molecule has 1 aliphatic carbocycles. The normalized spacial score (nSPS) is 16.4. The first-order chi connectivity index (χ1) is 8.70. The molecule has 0 heterocycles. The Kier molecular flexibility index (Phi) is 3.94. The van der Waals surface area contributed by atoms with Crippen LogP contribution in [0.1, 0.15) is 24.0 Å². The van der Waals surface area contributed by atoms with E-state index < -0.39 is 0 Å². The van der Waals surface area contributed by atoms with Crippen molar-refractivity contribution in [2.45, 2.75) is 25.4 Å². The van der Waals surface area contributed by atoms with Crippen LogP contribution < -0.4 is 11.1 Å². The van der Waals surface area contributed by atoms with Gasteiger partial charge in [-0.05, 0) is 18.9 Å². The van der Waals surface area contributed by atoms with E-state index in [0.717, 1.165) is 12.8 Å². The second kappa shape index (κ2) is 5.64. The molecule has 0 aliphatic heterocycles. The number of nitrogens with two attached hydrogens (primary N) is 1. The van der Waals surface area contributed by atoms with Gasteiger partial charge in [-0.2, -0.15) is 0 Å². The van der Waals surface area contributed by atoms with E-state index >= 15 is 0 Å². The minimum Gasteiger partial charge on any atom is -0.409 e. The highest BCUT2D eigenvalue weighted by atomic mass is 19.1. The lowest BCUT2D eigenvalue weighted by Crippen LogP contribution is -2.26. The van der Waals surface area contributed by atoms with Crippen LogP contribution in [-0.4, -0.2) is 17.1 Å². The maximum Gasteiger partial charge on any atom is 0.170 e. The number of rotatable bonds is 4. The van der Waals surface area contributed by atoms with Gasteiger partial charge >= 0.3 is 0 Å². The lowest BCUT2D eigenvalue weighted by atomic mass is 10.1. The van der Waals surface area contributed by atoms with Crippen molar-refractivity contribution in [3.63, 3.8) is 0 Å². The summed E-state index contributed by atoms with van der Waals surface area (Å²) in [5.41, 5.74) is 6.35. The topological polar surface area (TPSA) is 70.6 Å². The van der Waals surface area contributed by atoms with Crippen molar-refractivity contribution in [1.82, 2.24) is 5.32 Å². The fourth-order valence-corrected chi connectivity index (χ4v) is 1.95. The van der Waals surface area contributed by atoms with E-state index in [1.165, 1.54) is 6.07 Å². The summed E-state index contributed by atoms with van der Waals surface area (Å²) in [5.74, 6) is -0.439. The summed E-state index contributed by atoms with van der Waals surface area (Å²) in [6, 6.07) is 4.96. The van der Waals surface area contributed by atoms with Crippen LogP contribution in [0.5, 0.6) is 0 Å². The first-order valence-corrected chi connectivity index (χ1v) is 5.85. The summed E-state index contributed by atoms with van der Waals surface area (Å²) in [4.78, 5) is 0. The van der Waals surface area contributed by atoms with E-state index in [9.17, 15) is 4.39 Å². The highest BCUT2D eigenvalue weighted by molar-refractivity contribution is 5.97. The lowest BCUT2D eigenvalue weighted by Gasteiger charge is -2.12. The highest BCUT2D eigenvalue weighted by Gasteiger charge is 2.11. The van der Waals surface area contributed by atoms with Crippen molar-refractivity contribution in [2.24, 2.45) is 10.9 Å². The number of nitrogens with one attached hydrogen (secondary N) is 1. The van der Waals surface area contributed by atoms with Gasteiger partial charge in [0, 0.05) is 23.7 Å². The molecule has 4 N–H and O–H groups in total. The molecule has 96 valence electrons. The molecule has 0 amide bonds. The Morgan fingerprint density at radius 1 is 1.44 bits per heavy atom. The van der Waals surface area contributed by atoms with Gasteiger partial charge in [-0.3, -0.25) is 0 Å². The number of nitrogens with zero attached hydrogens (tertiary/aromatic N) is 1. The molecule has 0 unspecified atom stereocenters. The quantitative estimate of drug-likeness (QED) is 0.250. The second-order valence-corrected chi connectivity index (χ2v) is 4.31. The maximum atomic E-state index is 13.8. The molecule has 0 aromatic heterocycles. The van der Waals surface area contributed by atoms with Crippen LogP contribution >= 0.6 is 0 Å². The zero-order valence-corrected chi connectivity index (χ0v) is 9.94. The van der Waals surface area contributed by atoms with Crippen LogP contribution in [0, 0.1) is 5.82 Å². The summed E-state index contributed by atoms with van der Waals surface area (Å²) >= 11 is 0. The molecule has 18 heavy (non-hydrogen) atoms. The molecule has 0 bridgehead atoms. The summed E-state index contributed by atoms with van der Waals surface area (Å²) in [6.45, 7) is 0.481. The van der Waals surface area contributed by atoms with E-state index in [1.54, 1.807) is 12.1 Å². The molecular formula is C13H16FN3O. The third kappa shape index (κ3) is 2.87. The zero-order valence-electron chi connectivity index (χ0n) is 9.94. The maximum absolute atomic E-state index is 13.8. The average molecular weight is 249 g/mol. The monoisotopic (exact) mass is 249 g/mol. The van der Waals surface area contributed by atoms with Crippen LogP contribution in [0.4, 0.5) is 4.39 Å². The summed E-state index contributed by atoms with van der Waals surface area (Å²) in [7, 11) is 0. The summed E-state index contributed by atoms with van der Waals surface area (Å²) < 4.78 is 13.8. The molecule has 0 spiro atoms. The van der Waals surface area contributed by atoms with Crippen molar-refractivity contribution < 1.29 is 9.60 Å². The number of halogens is 1. The Bertz CT molecular complexity index is 477. The smallest absolute Gasteiger partial charge is 0.170 e. The molecule has 0 atom stereocenters. The van der Waals surface area contributed by atoms with Crippen LogP contribution in [0.2, 0.25) is 0 Å². The fraction of sp³-hybridized carbons (Fsp3) is 0.308. The summed E-state index contributed by atoms with van der Waals surface area (Å²) in [5, 5.41) is 14.6. The van der Waals surface area contributed by atoms with Crippen LogP contribution in [0.25, 0.3) is 0 Å². The fourth-order valence-electron chi connectivity index (χ4n) is 1.95. The van der Waals surface area contributed by atoms with Gasteiger partial charge in [0.2, 0.25) is 0 Å². The highest BCUT2D eigenvalue weighted by Crippen LogP contribution is 2.13. The van der Waals surface area contributed by atoms with Crippen LogP contribution in [-0.2, 0) is 6.54 Å². The third-order valence-corrected chi connectivity index (χ3v) is 3.05. The summed E-state index contributed by atoms with van der Waals surface area (Å²) in [6.07, 6.45) is 6.22. The Labute approximate surface area is 105 Å². The molecular weight excluding hydrogens is 233 g/mol. The van der Waals surface area contributed by atoms with Gasteiger partial charge in [-0.1, -0.05) is 29.4 Å². The Morgan fingerprint density at radius 3 is 2.78 bits per heavy atom. The largest absolute Gasteiger partial charge is 0.409 e. The molecule has 0 fully saturated rings. The molecule has 0 saturated carbocycles.